The van der Waals surface area contributed by atoms with Crippen molar-refractivity contribution < 1.29 is 8.42 Å². The van der Waals surface area contributed by atoms with E-state index in [1.54, 1.807) is 12.1 Å². The molecular weight excluding hydrogens is 260 g/mol. The second-order valence-corrected chi connectivity index (χ2v) is 6.10. The van der Waals surface area contributed by atoms with Crippen molar-refractivity contribution in [3.63, 3.8) is 0 Å². The van der Waals surface area contributed by atoms with Gasteiger partial charge in [-0.2, -0.15) is 0 Å². The van der Waals surface area contributed by atoms with E-state index >= 15 is 0 Å². The SMILES string of the molecule is Cc1cccc(Cl)c1NS(=O)(=O)CCCCN. The number of sulfonamides is 1. The second-order valence-electron chi connectivity index (χ2n) is 3.85. The average molecular weight is 277 g/mol. The van der Waals surface area contributed by atoms with Crippen LogP contribution < -0.4 is 10.5 Å². The molecule has 0 saturated carbocycles. The van der Waals surface area contributed by atoms with Crippen LogP contribution in [-0.2, 0) is 10.0 Å². The molecule has 0 bridgehead atoms. The van der Waals surface area contributed by atoms with Crippen molar-refractivity contribution in [1.82, 2.24) is 0 Å². The van der Waals surface area contributed by atoms with Gasteiger partial charge >= 0.3 is 0 Å². The van der Waals surface area contributed by atoms with Crippen LogP contribution in [0.3, 0.4) is 0 Å². The Labute approximate surface area is 107 Å². The Morgan fingerprint density at radius 3 is 2.65 bits per heavy atom. The summed E-state index contributed by atoms with van der Waals surface area (Å²) in [5.41, 5.74) is 6.59. The first-order chi connectivity index (χ1) is 7.96. The van der Waals surface area contributed by atoms with Gasteiger partial charge in [-0.3, -0.25) is 4.72 Å². The zero-order valence-corrected chi connectivity index (χ0v) is 11.3. The van der Waals surface area contributed by atoms with Crippen molar-refractivity contribution in [2.45, 2.75) is 19.8 Å². The van der Waals surface area contributed by atoms with Gasteiger partial charge in [-0.05, 0) is 37.9 Å². The van der Waals surface area contributed by atoms with E-state index in [0.717, 1.165) is 5.56 Å². The van der Waals surface area contributed by atoms with Gasteiger partial charge in [0.25, 0.3) is 0 Å². The molecule has 0 aliphatic heterocycles. The van der Waals surface area contributed by atoms with E-state index in [-0.39, 0.29) is 5.75 Å². The number of rotatable bonds is 6. The lowest BCUT2D eigenvalue weighted by atomic mass is 10.2. The summed E-state index contributed by atoms with van der Waals surface area (Å²) in [6.07, 6.45) is 1.25. The van der Waals surface area contributed by atoms with Crippen molar-refractivity contribution >= 4 is 27.3 Å². The van der Waals surface area contributed by atoms with Gasteiger partial charge in [0, 0.05) is 0 Å². The highest BCUT2D eigenvalue weighted by Crippen LogP contribution is 2.26. The Balaban J connectivity index is 2.76. The monoisotopic (exact) mass is 276 g/mol. The molecule has 6 heteroatoms. The molecule has 0 fully saturated rings. The molecule has 0 radical (unpaired) electrons. The van der Waals surface area contributed by atoms with Gasteiger partial charge in [0.2, 0.25) is 10.0 Å². The van der Waals surface area contributed by atoms with E-state index in [4.69, 9.17) is 17.3 Å². The van der Waals surface area contributed by atoms with Gasteiger partial charge in [0.15, 0.2) is 0 Å². The first kappa shape index (κ1) is 14.3. The molecule has 0 spiro atoms. The van der Waals surface area contributed by atoms with Crippen LogP contribution in [0.2, 0.25) is 5.02 Å². The minimum Gasteiger partial charge on any atom is -0.330 e. The Morgan fingerprint density at radius 2 is 2.06 bits per heavy atom. The molecule has 4 nitrogen and oxygen atoms in total. The van der Waals surface area contributed by atoms with Crippen molar-refractivity contribution in [3.05, 3.63) is 28.8 Å². The summed E-state index contributed by atoms with van der Waals surface area (Å²) in [5.74, 6) is 0.0643. The fraction of sp³-hybridized carbons (Fsp3) is 0.455. The lowest BCUT2D eigenvalue weighted by Crippen LogP contribution is -2.18. The number of unbranched alkanes of at least 4 members (excludes halogenated alkanes) is 1. The van der Waals surface area contributed by atoms with Gasteiger partial charge in [-0.15, -0.1) is 0 Å². The molecule has 0 saturated heterocycles. The first-order valence-corrected chi connectivity index (χ1v) is 7.45. The second kappa shape index (κ2) is 6.23. The summed E-state index contributed by atoms with van der Waals surface area (Å²) in [4.78, 5) is 0. The van der Waals surface area contributed by atoms with Crippen LogP contribution in [0.15, 0.2) is 18.2 Å². The predicted octanol–water partition coefficient (Wildman–Crippen LogP) is 2.13. The highest BCUT2D eigenvalue weighted by Gasteiger charge is 2.13. The van der Waals surface area contributed by atoms with Crippen LogP contribution in [-0.4, -0.2) is 20.7 Å². The minimum absolute atomic E-state index is 0.0643. The number of aryl methyl sites for hydroxylation is 1. The molecule has 0 aromatic heterocycles. The molecular formula is C11H17ClN2O2S. The summed E-state index contributed by atoms with van der Waals surface area (Å²) < 4.78 is 26.1. The number of hydrogen-bond donors (Lipinski definition) is 2. The highest BCUT2D eigenvalue weighted by atomic mass is 35.5. The van der Waals surface area contributed by atoms with E-state index in [0.29, 0.717) is 30.1 Å². The number of nitrogens with two attached hydrogens (primary N) is 1. The normalized spacial score (nSPS) is 11.5. The van der Waals surface area contributed by atoms with E-state index in [2.05, 4.69) is 4.72 Å². The summed E-state index contributed by atoms with van der Waals surface area (Å²) in [5, 5.41) is 0.410. The van der Waals surface area contributed by atoms with Gasteiger partial charge in [-0.25, -0.2) is 8.42 Å². The lowest BCUT2D eigenvalue weighted by molar-refractivity contribution is 0.597. The average Bonchev–Trinajstić information content (AvgIpc) is 2.24. The molecule has 96 valence electrons. The molecule has 0 atom stereocenters. The molecule has 1 aromatic rings. The summed E-state index contributed by atoms with van der Waals surface area (Å²) >= 11 is 5.95. The van der Waals surface area contributed by atoms with Crippen LogP contribution in [0, 0.1) is 6.92 Å². The molecule has 0 aliphatic rings. The largest absolute Gasteiger partial charge is 0.330 e. The van der Waals surface area contributed by atoms with E-state index in [9.17, 15) is 8.42 Å². The third kappa shape index (κ3) is 4.53. The first-order valence-electron chi connectivity index (χ1n) is 5.42. The van der Waals surface area contributed by atoms with Crippen LogP contribution in [0.4, 0.5) is 5.69 Å². The minimum atomic E-state index is -3.34. The van der Waals surface area contributed by atoms with Crippen LogP contribution >= 0.6 is 11.6 Å². The van der Waals surface area contributed by atoms with Gasteiger partial charge in [0.1, 0.15) is 0 Å². The van der Waals surface area contributed by atoms with Crippen molar-refractivity contribution in [2.75, 3.05) is 17.0 Å². The predicted molar refractivity (Wildman–Crippen MR) is 71.9 cm³/mol. The van der Waals surface area contributed by atoms with Gasteiger partial charge < -0.3 is 5.73 Å². The van der Waals surface area contributed by atoms with Crippen molar-refractivity contribution in [2.24, 2.45) is 5.73 Å². The lowest BCUT2D eigenvalue weighted by Gasteiger charge is -2.11. The third-order valence-electron chi connectivity index (χ3n) is 2.35. The van der Waals surface area contributed by atoms with E-state index < -0.39 is 10.0 Å². The van der Waals surface area contributed by atoms with Crippen LogP contribution in [0.25, 0.3) is 0 Å². The van der Waals surface area contributed by atoms with E-state index in [1.165, 1.54) is 0 Å². The Morgan fingerprint density at radius 1 is 1.35 bits per heavy atom. The number of halogens is 1. The molecule has 1 aromatic carbocycles. The van der Waals surface area contributed by atoms with Gasteiger partial charge in [-0.1, -0.05) is 23.7 Å². The van der Waals surface area contributed by atoms with Crippen molar-refractivity contribution in [1.29, 1.82) is 0 Å². The summed E-state index contributed by atoms with van der Waals surface area (Å²) in [7, 11) is -3.34. The standard InChI is InChI=1S/C11H17ClN2O2S/c1-9-5-4-6-10(12)11(9)14-17(15,16)8-3-2-7-13/h4-6,14H,2-3,7-8,13H2,1H3. The molecule has 17 heavy (non-hydrogen) atoms. The van der Waals surface area contributed by atoms with Crippen molar-refractivity contribution in [3.8, 4) is 0 Å². The number of anilines is 1. The van der Waals surface area contributed by atoms with Gasteiger partial charge in [0.05, 0.1) is 16.5 Å². The molecule has 3 N–H and O–H groups in total. The number of benzene rings is 1. The summed E-state index contributed by atoms with van der Waals surface area (Å²) in [6, 6.07) is 5.25. The molecule has 0 unspecified atom stereocenters. The molecule has 1 rings (SSSR count). The highest BCUT2D eigenvalue weighted by molar-refractivity contribution is 7.92. The zero-order valence-electron chi connectivity index (χ0n) is 9.74. The summed E-state index contributed by atoms with van der Waals surface area (Å²) in [6.45, 7) is 2.31. The third-order valence-corrected chi connectivity index (χ3v) is 4.00. The smallest absolute Gasteiger partial charge is 0.232 e. The Kier molecular flexibility index (Phi) is 5.24. The van der Waals surface area contributed by atoms with Crippen LogP contribution in [0.1, 0.15) is 18.4 Å². The van der Waals surface area contributed by atoms with E-state index in [1.807, 2.05) is 13.0 Å². The number of para-hydroxylation sites is 1. The maximum atomic E-state index is 11.8. The maximum Gasteiger partial charge on any atom is 0.232 e. The van der Waals surface area contributed by atoms with Crippen LogP contribution in [0.5, 0.6) is 0 Å². The number of hydrogen-bond acceptors (Lipinski definition) is 3. The molecule has 0 aliphatic carbocycles. The fourth-order valence-electron chi connectivity index (χ4n) is 1.40. The Bertz CT molecular complexity index is 454. The zero-order chi connectivity index (χ0) is 12.9. The molecule has 0 amide bonds. The fourth-order valence-corrected chi connectivity index (χ4v) is 3.00. The number of nitrogens with one attached hydrogen (secondary N) is 1. The quantitative estimate of drug-likeness (QED) is 0.782. The maximum absolute atomic E-state index is 11.8. The Hall–Kier alpha value is -0.780. The molecule has 0 heterocycles. The topological polar surface area (TPSA) is 72.2 Å².